The number of carbonyl (C=O) groups excluding carboxylic acids is 3. The fraction of sp³-hybridized carbons (Fsp3) is 0.269. The molecule has 0 aliphatic carbocycles. The maximum absolute atomic E-state index is 14.1. The van der Waals surface area contributed by atoms with Gasteiger partial charge in [-0.05, 0) is 36.8 Å². The number of amides is 3. The molecule has 33 heavy (non-hydrogen) atoms. The van der Waals surface area contributed by atoms with Crippen LogP contribution in [0.5, 0.6) is 0 Å². The largest absolute Gasteiger partial charge is 0.464 e. The molecule has 1 saturated heterocycles. The second-order valence-electron chi connectivity index (χ2n) is 8.61. The molecular formula is C26H25N3O4. The van der Waals surface area contributed by atoms with Gasteiger partial charge in [0.25, 0.3) is 11.8 Å². The Morgan fingerprint density at radius 1 is 1.03 bits per heavy atom. The van der Waals surface area contributed by atoms with Gasteiger partial charge in [0.2, 0.25) is 11.6 Å². The van der Waals surface area contributed by atoms with Gasteiger partial charge >= 0.3 is 0 Å². The van der Waals surface area contributed by atoms with E-state index in [1.54, 1.807) is 46.0 Å². The summed E-state index contributed by atoms with van der Waals surface area (Å²) in [6, 6.07) is 20.2. The van der Waals surface area contributed by atoms with E-state index in [1.807, 2.05) is 49.4 Å². The average Bonchev–Trinajstić information content (AvgIpc) is 3.40. The van der Waals surface area contributed by atoms with Gasteiger partial charge in [-0.2, -0.15) is 0 Å². The maximum Gasteiger partial charge on any atom is 0.270 e. The molecule has 1 aromatic heterocycles. The van der Waals surface area contributed by atoms with E-state index in [4.69, 9.17) is 4.42 Å². The number of anilines is 1. The Kier molecular flexibility index (Phi) is 5.04. The first kappa shape index (κ1) is 21.0. The molecular weight excluding hydrogens is 418 g/mol. The highest BCUT2D eigenvalue weighted by atomic mass is 16.3. The lowest BCUT2D eigenvalue weighted by molar-refractivity contribution is -0.143. The van der Waals surface area contributed by atoms with Crippen molar-refractivity contribution in [3.8, 4) is 0 Å². The van der Waals surface area contributed by atoms with Crippen molar-refractivity contribution in [2.24, 2.45) is 0 Å². The minimum Gasteiger partial charge on any atom is -0.464 e. The first-order chi connectivity index (χ1) is 15.9. The van der Waals surface area contributed by atoms with Gasteiger partial charge in [0, 0.05) is 26.4 Å². The summed E-state index contributed by atoms with van der Waals surface area (Å²) in [7, 11) is 1.68. The molecule has 2 aliphatic rings. The van der Waals surface area contributed by atoms with Gasteiger partial charge < -0.3 is 14.2 Å². The van der Waals surface area contributed by atoms with E-state index in [9.17, 15) is 14.4 Å². The molecule has 2 aliphatic heterocycles. The predicted octanol–water partition coefficient (Wildman–Crippen LogP) is 3.73. The van der Waals surface area contributed by atoms with Crippen LogP contribution in [0.4, 0.5) is 5.69 Å². The first-order valence-corrected chi connectivity index (χ1v) is 11.0. The number of para-hydroxylation sites is 1. The van der Waals surface area contributed by atoms with Crippen LogP contribution in [0.25, 0.3) is 0 Å². The molecule has 1 unspecified atom stereocenters. The molecule has 0 radical (unpaired) electrons. The summed E-state index contributed by atoms with van der Waals surface area (Å²) in [4.78, 5) is 45.7. The van der Waals surface area contributed by atoms with E-state index in [-0.39, 0.29) is 43.7 Å². The number of fused-ring (bicyclic) bond motifs is 3. The molecule has 1 fully saturated rings. The van der Waals surface area contributed by atoms with Crippen molar-refractivity contribution >= 4 is 23.4 Å². The lowest BCUT2D eigenvalue weighted by atomic mass is 9.94. The monoisotopic (exact) mass is 443 g/mol. The minimum absolute atomic E-state index is 0.163. The van der Waals surface area contributed by atoms with Crippen molar-refractivity contribution in [3.63, 3.8) is 0 Å². The van der Waals surface area contributed by atoms with E-state index in [1.165, 1.54) is 0 Å². The molecule has 3 aromatic rings. The Balaban J connectivity index is 1.62. The summed E-state index contributed by atoms with van der Waals surface area (Å²) in [5.74, 6) is 0.683. The van der Waals surface area contributed by atoms with E-state index in [2.05, 4.69) is 0 Å². The number of rotatable bonds is 5. The Labute approximate surface area is 192 Å². The summed E-state index contributed by atoms with van der Waals surface area (Å²) in [5.41, 5.74) is 0.386. The fourth-order valence-corrected chi connectivity index (χ4v) is 4.93. The van der Waals surface area contributed by atoms with Gasteiger partial charge in [-0.3, -0.25) is 19.3 Å². The zero-order valence-electron chi connectivity index (χ0n) is 18.7. The molecule has 0 saturated carbocycles. The number of nitrogens with zero attached hydrogens (tertiary/aromatic N) is 3. The number of aryl methyl sites for hydroxylation is 1. The highest BCUT2D eigenvalue weighted by Gasteiger charge is 2.61. The highest BCUT2D eigenvalue weighted by molar-refractivity contribution is 6.16. The smallest absolute Gasteiger partial charge is 0.270 e. The molecule has 3 amide bonds. The SMILES string of the molecule is Cc1ccc(CN(C)C(=O)C23CCC(=O)N2c2ccccc2C(=O)N3Cc2ccccc2)o1. The molecule has 0 N–H and O–H groups in total. The molecule has 5 rings (SSSR count). The molecule has 0 bridgehead atoms. The van der Waals surface area contributed by atoms with Gasteiger partial charge in [-0.15, -0.1) is 0 Å². The topological polar surface area (TPSA) is 74.1 Å². The second kappa shape index (κ2) is 7.92. The summed E-state index contributed by atoms with van der Waals surface area (Å²) >= 11 is 0. The Bertz CT molecular complexity index is 1240. The van der Waals surface area contributed by atoms with Gasteiger partial charge in [0.1, 0.15) is 11.5 Å². The molecule has 7 heteroatoms. The summed E-state index contributed by atoms with van der Waals surface area (Å²) < 4.78 is 5.67. The molecule has 168 valence electrons. The van der Waals surface area contributed by atoms with Crippen LogP contribution in [0.1, 0.15) is 40.3 Å². The zero-order chi connectivity index (χ0) is 23.2. The third-order valence-electron chi connectivity index (χ3n) is 6.44. The summed E-state index contributed by atoms with van der Waals surface area (Å²) in [5, 5.41) is 0. The Morgan fingerprint density at radius 3 is 2.48 bits per heavy atom. The summed E-state index contributed by atoms with van der Waals surface area (Å²) in [6.07, 6.45) is 0.422. The minimum atomic E-state index is -1.42. The van der Waals surface area contributed by atoms with Crippen LogP contribution < -0.4 is 4.90 Å². The normalized spacial score (nSPS) is 19.5. The van der Waals surface area contributed by atoms with Crippen LogP contribution >= 0.6 is 0 Å². The van der Waals surface area contributed by atoms with Crippen LogP contribution in [0, 0.1) is 6.92 Å². The van der Waals surface area contributed by atoms with Gasteiger partial charge in [-0.1, -0.05) is 42.5 Å². The first-order valence-electron chi connectivity index (χ1n) is 11.0. The Hall–Kier alpha value is -3.87. The molecule has 3 heterocycles. The number of hydrogen-bond acceptors (Lipinski definition) is 4. The fourth-order valence-electron chi connectivity index (χ4n) is 4.93. The van der Waals surface area contributed by atoms with Gasteiger partial charge in [-0.25, -0.2) is 0 Å². The summed E-state index contributed by atoms with van der Waals surface area (Å²) in [6.45, 7) is 2.31. The van der Waals surface area contributed by atoms with Crippen LogP contribution in [0.3, 0.4) is 0 Å². The van der Waals surface area contributed by atoms with Crippen molar-refractivity contribution in [2.45, 2.75) is 38.5 Å². The second-order valence-corrected chi connectivity index (χ2v) is 8.61. The van der Waals surface area contributed by atoms with Crippen molar-refractivity contribution in [2.75, 3.05) is 11.9 Å². The third kappa shape index (κ3) is 3.31. The average molecular weight is 444 g/mol. The number of hydrogen-bond donors (Lipinski definition) is 0. The molecule has 7 nitrogen and oxygen atoms in total. The van der Waals surface area contributed by atoms with E-state index >= 15 is 0 Å². The van der Waals surface area contributed by atoms with Crippen molar-refractivity contribution in [3.05, 3.63) is 89.4 Å². The lowest BCUT2D eigenvalue weighted by Crippen LogP contribution is -2.70. The highest BCUT2D eigenvalue weighted by Crippen LogP contribution is 2.46. The molecule has 2 aromatic carbocycles. The number of likely N-dealkylation sites (N-methyl/N-ethyl adjacent to an activating group) is 1. The van der Waals surface area contributed by atoms with Crippen LogP contribution in [-0.2, 0) is 22.7 Å². The Morgan fingerprint density at radius 2 is 1.76 bits per heavy atom. The van der Waals surface area contributed by atoms with Gasteiger partial charge in [0.15, 0.2) is 0 Å². The van der Waals surface area contributed by atoms with Crippen LogP contribution in [0.2, 0.25) is 0 Å². The van der Waals surface area contributed by atoms with Gasteiger partial charge in [0.05, 0.1) is 17.8 Å². The lowest BCUT2D eigenvalue weighted by Gasteiger charge is -2.50. The number of carbonyl (C=O) groups is 3. The number of furan rings is 1. The number of benzene rings is 2. The molecule has 0 spiro atoms. The van der Waals surface area contributed by atoms with Crippen molar-refractivity contribution in [1.29, 1.82) is 0 Å². The van der Waals surface area contributed by atoms with E-state index in [0.717, 1.165) is 11.3 Å². The van der Waals surface area contributed by atoms with E-state index in [0.29, 0.717) is 17.0 Å². The van der Waals surface area contributed by atoms with Crippen molar-refractivity contribution in [1.82, 2.24) is 9.80 Å². The van der Waals surface area contributed by atoms with Crippen LogP contribution in [0.15, 0.2) is 71.1 Å². The quantitative estimate of drug-likeness (QED) is 0.602. The van der Waals surface area contributed by atoms with Crippen LogP contribution in [-0.4, -0.2) is 40.2 Å². The predicted molar refractivity (Wildman–Crippen MR) is 122 cm³/mol. The zero-order valence-corrected chi connectivity index (χ0v) is 18.7. The molecule has 1 atom stereocenters. The maximum atomic E-state index is 14.1. The van der Waals surface area contributed by atoms with Crippen molar-refractivity contribution < 1.29 is 18.8 Å². The third-order valence-corrected chi connectivity index (χ3v) is 6.44. The van der Waals surface area contributed by atoms with E-state index < -0.39 is 5.66 Å². The standard InChI is InChI=1S/C26H25N3O4/c1-18-12-13-20(33-18)17-27(2)25(32)26-15-14-23(30)29(26)22-11-7-6-10-21(22)24(31)28(26)16-19-8-4-3-5-9-19/h3-13H,14-17H2,1-2H3.